The lowest BCUT2D eigenvalue weighted by Gasteiger charge is -2.31. The molecule has 9 aliphatic rings. The smallest absolute Gasteiger partial charge is 0.348 e. The van der Waals surface area contributed by atoms with E-state index in [1.54, 1.807) is 107 Å². The predicted octanol–water partition coefficient (Wildman–Crippen LogP) is 14.8. The Kier molecular flexibility index (Phi) is 36.4. The Bertz CT molecular complexity index is 5300. The highest BCUT2D eigenvalue weighted by molar-refractivity contribution is 6.38. The van der Waals surface area contributed by atoms with E-state index in [0.717, 1.165) is 111 Å². The molecule has 28 heteroatoms. The summed E-state index contributed by atoms with van der Waals surface area (Å²) in [6.07, 6.45) is 12.1. The number of aryl methyl sites for hydroxylation is 3. The van der Waals surface area contributed by atoms with Gasteiger partial charge in [0.15, 0.2) is 12.1 Å². The molecule has 0 saturated heterocycles. The number of carbonyl (C=O) groups is 13. The molecule has 0 spiro atoms. The lowest BCUT2D eigenvalue weighted by atomic mass is 9.83. The highest BCUT2D eigenvalue weighted by Crippen LogP contribution is 2.35. The number of aliphatic carboxylic acids is 1. The Morgan fingerprint density at radius 2 is 0.812 bits per heavy atom. The molecule has 6 aliphatic heterocycles. The van der Waals surface area contributed by atoms with Gasteiger partial charge in [-0.05, 0) is 220 Å². The topological polar surface area (TPSA) is 388 Å². The minimum Gasteiger partial charge on any atom is -0.478 e. The van der Waals surface area contributed by atoms with E-state index in [0.29, 0.717) is 89.7 Å². The largest absolute Gasteiger partial charge is 0.478 e. The molecule has 0 aromatic heterocycles. The van der Waals surface area contributed by atoms with Crippen LogP contribution >= 0.6 is 0 Å². The molecule has 8 aromatic rings. The van der Waals surface area contributed by atoms with Crippen LogP contribution in [0.4, 0.5) is 0 Å². The van der Waals surface area contributed by atoms with Gasteiger partial charge >= 0.3 is 35.8 Å². The van der Waals surface area contributed by atoms with Gasteiger partial charge in [-0.25, -0.2) is 28.8 Å². The van der Waals surface area contributed by atoms with E-state index in [4.69, 9.17) is 37.9 Å². The van der Waals surface area contributed by atoms with E-state index in [1.807, 2.05) is 127 Å². The van der Waals surface area contributed by atoms with Gasteiger partial charge in [-0.1, -0.05) is 205 Å². The predicted molar refractivity (Wildman–Crippen MR) is 492 cm³/mol. The van der Waals surface area contributed by atoms with Gasteiger partial charge < -0.3 is 74.9 Å². The van der Waals surface area contributed by atoms with Crippen LogP contribution in [-0.4, -0.2) is 137 Å². The molecule has 3 fully saturated rings. The number of benzene rings is 8. The summed E-state index contributed by atoms with van der Waals surface area (Å²) in [5.41, 5.74) is 5.37. The van der Waals surface area contributed by atoms with E-state index in [1.165, 1.54) is 0 Å². The van der Waals surface area contributed by atoms with Gasteiger partial charge in [-0.15, -0.1) is 0 Å². The third-order valence-electron chi connectivity index (χ3n) is 24.2. The van der Waals surface area contributed by atoms with Crippen LogP contribution in [-0.2, 0) is 131 Å². The third-order valence-corrected chi connectivity index (χ3v) is 24.2. The van der Waals surface area contributed by atoms with Crippen LogP contribution in [0.15, 0.2) is 206 Å². The molecule has 3 aliphatic carbocycles. The minimum atomic E-state index is -1.46. The number of nitrogens with one attached hydrogen (secondary N) is 6. The van der Waals surface area contributed by atoms with Crippen molar-refractivity contribution in [3.63, 3.8) is 0 Å². The first kappa shape index (κ1) is 98.5. The summed E-state index contributed by atoms with van der Waals surface area (Å²) in [5.74, 6) is -5.89. The van der Waals surface area contributed by atoms with Gasteiger partial charge in [0.05, 0.1) is 12.6 Å². The Morgan fingerprint density at radius 1 is 0.429 bits per heavy atom. The molecule has 3 saturated carbocycles. The molecule has 8 atom stereocenters. The monoisotopic (exact) mass is 1820 g/mol. The second-order valence-electron chi connectivity index (χ2n) is 35.7. The summed E-state index contributed by atoms with van der Waals surface area (Å²) in [6.45, 7) is 6.27. The molecule has 17 rings (SSSR count). The number of rotatable bonds is 18. The Labute approximate surface area is 775 Å². The Hall–Kier alpha value is -13.5. The maximum Gasteiger partial charge on any atom is 0.348 e. The Balaban J connectivity index is 0.000000189. The highest BCUT2D eigenvalue weighted by atomic mass is 16.6. The zero-order valence-corrected chi connectivity index (χ0v) is 75.8. The number of carbonyl (C=O) groups excluding carboxylic acids is 12. The standard InChI is InChI=1S/C46H56N4O10.C33H35NO6.C26H29NO6/c1-5-13-35(41(53)43(55)47-28-38(52)50-40(32-17-10-7-11-18-32)45(57)60-46(2,3)4)48-42(54)36-27-30-14-12-19-34(26-30)58-33-23-20-29(21-24-33)22-25-37(51)49-39(44(56)59-36)31-15-8-6-9-16-31;35-30-19-16-23-14-17-27(18-15-23)39-28-13-7-10-25(20-28)21-29(32(36)38-22-24-8-3-1-4-9-24)40-33(37)31(34-30)26-11-5-2-6-12-26;28-23-14-11-17-9-12-20(13-10-17)32-21-8-4-5-18(15-21)16-22(25(29)30)33-26(31)24(27-23)19-6-2-1-3-7-19/h7,10-12,14,17-21,23-24,26,31,35-36,39-40H,5-6,8-9,13,15-16,22,25,27-28H2,1-4H3,(H,47,55)(H,48,54)(H,49,51)(H,50,52);1,3-4,7-10,13-15,17-18,20,26,29,31H,2,5-6,11-12,16,19,21-22H2,(H,34,35);4-5,8-10,12-13,15,19,22,24H,1-3,6-7,11,14,16H2,(H,27,28)(H,29,30). The van der Waals surface area contributed by atoms with Crippen molar-refractivity contribution in [2.45, 2.75) is 255 Å². The molecular formula is C105H120N6O22. The second-order valence-corrected chi connectivity index (χ2v) is 35.7. The number of fused-ring (bicyclic) bond motifs is 30. The molecule has 7 N–H and O–H groups in total. The number of hydrogen-bond donors (Lipinski definition) is 7. The summed E-state index contributed by atoms with van der Waals surface area (Å²) in [6, 6.07) is 56.6. The van der Waals surface area contributed by atoms with Crippen molar-refractivity contribution in [1.29, 1.82) is 0 Å². The van der Waals surface area contributed by atoms with E-state index in [-0.39, 0.29) is 87.0 Å². The van der Waals surface area contributed by atoms with E-state index in [9.17, 15) is 67.4 Å². The summed E-state index contributed by atoms with van der Waals surface area (Å²) in [5, 5.41) is 25.9. The highest BCUT2D eigenvalue weighted by Gasteiger charge is 2.41. The minimum absolute atomic E-state index is 0.00252. The maximum atomic E-state index is 14.1. The van der Waals surface area contributed by atoms with Crippen molar-refractivity contribution in [1.82, 2.24) is 31.9 Å². The van der Waals surface area contributed by atoms with Gasteiger partial charge in [0.1, 0.15) is 64.8 Å². The molecule has 702 valence electrons. The third kappa shape index (κ3) is 31.1. The SMILES string of the molecule is CCCC(NC(=O)C1Cc2cccc(c2)Oc2ccc(cc2)CCC(=O)NC(C2CCCCC2)C(=O)O1)C(=O)C(=O)NCC(=O)NC(C(=O)OC(C)(C)C)c1ccccc1.O=C1CCc2ccc(cc2)Oc2cccc(c2)CC(C(=O)O)OC(=O)C(C2CCCCC2)N1.O=C1CCc2ccc(cc2)Oc2cccc(c2)CC(C(=O)OCc2ccccc2)OC(=O)C(C2CCCCC2)N1. The number of ether oxygens (including phenoxy) is 8. The number of hydrogen-bond acceptors (Lipinski definition) is 21. The first-order valence-electron chi connectivity index (χ1n) is 46.4. The molecule has 28 nitrogen and oxygen atoms in total. The second kappa shape index (κ2) is 49.1. The van der Waals surface area contributed by atoms with Crippen molar-refractivity contribution in [3.8, 4) is 34.5 Å². The maximum absolute atomic E-state index is 14.1. The molecule has 133 heavy (non-hydrogen) atoms. The normalized spacial score (nSPS) is 20.2. The fourth-order valence-corrected chi connectivity index (χ4v) is 17.2. The molecule has 0 radical (unpaired) electrons. The van der Waals surface area contributed by atoms with Gasteiger partial charge in [-0.2, -0.15) is 0 Å². The fraction of sp³-hybridized carbons (Fsp3) is 0.419. The van der Waals surface area contributed by atoms with Crippen LogP contribution in [0.3, 0.4) is 0 Å². The summed E-state index contributed by atoms with van der Waals surface area (Å²) in [7, 11) is 0. The van der Waals surface area contributed by atoms with E-state index < -0.39 is 120 Å². The lowest BCUT2D eigenvalue weighted by Crippen LogP contribution is -2.53. The van der Waals surface area contributed by atoms with Crippen molar-refractivity contribution in [2.75, 3.05) is 6.54 Å². The van der Waals surface area contributed by atoms with Crippen LogP contribution in [0.2, 0.25) is 0 Å². The average Bonchev–Trinajstić information content (AvgIpc) is 1.47. The van der Waals surface area contributed by atoms with Gasteiger partial charge in [0.25, 0.3) is 11.8 Å². The number of carboxylic acids is 1. The fourth-order valence-electron chi connectivity index (χ4n) is 17.2. The van der Waals surface area contributed by atoms with Crippen LogP contribution in [0.25, 0.3) is 0 Å². The zero-order valence-electron chi connectivity index (χ0n) is 75.8. The number of ketones is 1. The number of esters is 5. The number of Topliss-reactive ketones (excluding diaryl/α,β-unsaturated/α-hetero) is 1. The van der Waals surface area contributed by atoms with Crippen molar-refractivity contribution in [3.05, 3.63) is 251 Å². The van der Waals surface area contributed by atoms with Crippen molar-refractivity contribution in [2.24, 2.45) is 17.8 Å². The molecular weight excluding hydrogens is 1700 g/mol. The van der Waals surface area contributed by atoms with Crippen LogP contribution < -0.4 is 46.1 Å². The molecule has 6 heterocycles. The van der Waals surface area contributed by atoms with E-state index >= 15 is 0 Å². The van der Waals surface area contributed by atoms with Crippen LogP contribution in [0, 0.1) is 17.8 Å². The van der Waals surface area contributed by atoms with Gasteiger partial charge in [0.2, 0.25) is 41.6 Å². The van der Waals surface area contributed by atoms with Crippen molar-refractivity contribution < 1.29 is 105 Å². The number of carboxylic acid groups (broad SMARTS) is 1. The lowest BCUT2D eigenvalue weighted by molar-refractivity contribution is -0.171. The first-order chi connectivity index (χ1) is 64.2. The van der Waals surface area contributed by atoms with Crippen LogP contribution in [0.1, 0.15) is 207 Å². The molecule has 6 amide bonds. The molecule has 8 unspecified atom stereocenters. The van der Waals surface area contributed by atoms with Crippen LogP contribution in [0.5, 0.6) is 34.5 Å². The first-order valence-corrected chi connectivity index (χ1v) is 46.4. The van der Waals surface area contributed by atoms with Gasteiger partial charge in [-0.3, -0.25) is 33.6 Å². The van der Waals surface area contributed by atoms with Crippen molar-refractivity contribution >= 4 is 77.0 Å². The summed E-state index contributed by atoms with van der Waals surface area (Å²) < 4.78 is 46.4. The molecule has 8 aromatic carbocycles. The summed E-state index contributed by atoms with van der Waals surface area (Å²) >= 11 is 0. The number of amides is 6. The quantitative estimate of drug-likeness (QED) is 0.0238. The Morgan fingerprint density at radius 3 is 1.21 bits per heavy atom. The molecule has 12 bridgehead atoms. The zero-order chi connectivity index (χ0) is 94.2. The summed E-state index contributed by atoms with van der Waals surface area (Å²) in [4.78, 5) is 172. The van der Waals surface area contributed by atoms with Gasteiger partial charge in [0, 0.05) is 38.5 Å². The van der Waals surface area contributed by atoms with E-state index in [2.05, 4.69) is 31.9 Å². The average molecular weight is 1820 g/mol.